The molecule has 1 atom stereocenters. The zero-order valence-corrected chi connectivity index (χ0v) is 12.4. The van der Waals surface area contributed by atoms with Crippen molar-refractivity contribution in [1.29, 1.82) is 0 Å². The predicted molar refractivity (Wildman–Crippen MR) is 86.2 cm³/mol. The van der Waals surface area contributed by atoms with Gasteiger partial charge in [0.25, 0.3) is 0 Å². The predicted octanol–water partition coefficient (Wildman–Crippen LogP) is 4.39. The van der Waals surface area contributed by atoms with Gasteiger partial charge in [-0.2, -0.15) is 0 Å². The Balaban J connectivity index is 2.07. The molecule has 1 unspecified atom stereocenters. The van der Waals surface area contributed by atoms with Crippen molar-refractivity contribution in [3.8, 4) is 0 Å². The average Bonchev–Trinajstić information content (AvgIpc) is 2.98. The number of nitrogens with zero attached hydrogens (tertiary/aromatic N) is 1. The lowest BCUT2D eigenvalue weighted by molar-refractivity contribution is 0.601. The lowest BCUT2D eigenvalue weighted by Crippen LogP contribution is -2.23. The number of fused-ring (bicyclic) bond motifs is 1. The van der Waals surface area contributed by atoms with Crippen LogP contribution < -0.4 is 5.32 Å². The summed E-state index contributed by atoms with van der Waals surface area (Å²) in [5.74, 6) is 0. The van der Waals surface area contributed by atoms with Crippen molar-refractivity contribution < 1.29 is 0 Å². The Bertz CT molecular complexity index is 676. The van der Waals surface area contributed by atoms with Gasteiger partial charge >= 0.3 is 0 Å². The van der Waals surface area contributed by atoms with Gasteiger partial charge in [-0.3, -0.25) is 4.98 Å². The number of nitrogens with one attached hydrogen (secondary N) is 1. The number of thiophene rings is 1. The minimum absolute atomic E-state index is 0.236. The summed E-state index contributed by atoms with van der Waals surface area (Å²) in [7, 11) is 0. The first-order valence-electron chi connectivity index (χ1n) is 6.99. The van der Waals surface area contributed by atoms with E-state index in [4.69, 9.17) is 0 Å². The summed E-state index contributed by atoms with van der Waals surface area (Å²) < 4.78 is 1.37. The average molecular weight is 282 g/mol. The molecule has 3 rings (SSSR count). The van der Waals surface area contributed by atoms with Gasteiger partial charge in [0.15, 0.2) is 0 Å². The van der Waals surface area contributed by atoms with E-state index < -0.39 is 0 Å². The van der Waals surface area contributed by atoms with Crippen molar-refractivity contribution in [2.45, 2.75) is 19.4 Å². The molecule has 0 fully saturated rings. The number of benzene rings is 1. The van der Waals surface area contributed by atoms with E-state index >= 15 is 0 Å². The van der Waals surface area contributed by atoms with E-state index in [0.717, 1.165) is 13.0 Å². The van der Waals surface area contributed by atoms with Gasteiger partial charge in [0.2, 0.25) is 0 Å². The molecule has 0 radical (unpaired) electrons. The number of rotatable bonds is 5. The Morgan fingerprint density at radius 3 is 2.80 bits per heavy atom. The maximum atomic E-state index is 4.13. The highest BCUT2D eigenvalue weighted by Gasteiger charge is 2.16. The van der Waals surface area contributed by atoms with Gasteiger partial charge in [0.05, 0.1) is 6.04 Å². The third kappa shape index (κ3) is 2.60. The van der Waals surface area contributed by atoms with Crippen molar-refractivity contribution in [3.05, 3.63) is 65.3 Å². The molecule has 0 spiro atoms. The molecule has 20 heavy (non-hydrogen) atoms. The van der Waals surface area contributed by atoms with Crippen LogP contribution >= 0.6 is 11.3 Å². The summed E-state index contributed by atoms with van der Waals surface area (Å²) in [5, 5.41) is 7.15. The quantitative estimate of drug-likeness (QED) is 0.751. The Morgan fingerprint density at radius 1 is 1.15 bits per heavy atom. The Morgan fingerprint density at radius 2 is 2.00 bits per heavy atom. The van der Waals surface area contributed by atoms with Crippen LogP contribution in [0.15, 0.2) is 54.2 Å². The molecule has 0 aliphatic heterocycles. The standard InChI is InChI=1S/C17H18N2S/c1-2-9-19-16(13-6-10-18-11-7-13)15-5-3-4-14-8-12-20-17(14)15/h3-8,10-12,16,19H,2,9H2,1H3. The van der Waals surface area contributed by atoms with Gasteiger partial charge in [-0.25, -0.2) is 0 Å². The molecule has 2 nitrogen and oxygen atoms in total. The summed E-state index contributed by atoms with van der Waals surface area (Å²) in [5.41, 5.74) is 2.63. The molecule has 0 bridgehead atoms. The van der Waals surface area contributed by atoms with Crippen LogP contribution in [-0.2, 0) is 0 Å². The Hall–Kier alpha value is -1.71. The Kier molecular flexibility index (Phi) is 4.09. The zero-order valence-electron chi connectivity index (χ0n) is 11.5. The SMILES string of the molecule is CCCNC(c1ccncc1)c1cccc2ccsc12. The van der Waals surface area contributed by atoms with Crippen LogP contribution in [0.1, 0.15) is 30.5 Å². The van der Waals surface area contributed by atoms with E-state index in [2.05, 4.69) is 59.0 Å². The highest BCUT2D eigenvalue weighted by atomic mass is 32.1. The summed E-state index contributed by atoms with van der Waals surface area (Å²) >= 11 is 1.81. The molecule has 0 aliphatic rings. The molecule has 2 aromatic heterocycles. The molecule has 0 aliphatic carbocycles. The number of hydrogen-bond acceptors (Lipinski definition) is 3. The first-order valence-corrected chi connectivity index (χ1v) is 7.87. The maximum absolute atomic E-state index is 4.13. The Labute approximate surface area is 123 Å². The fourth-order valence-corrected chi connectivity index (χ4v) is 3.44. The van der Waals surface area contributed by atoms with E-state index in [1.165, 1.54) is 21.2 Å². The number of pyridine rings is 1. The largest absolute Gasteiger partial charge is 0.306 e. The molecular formula is C17H18N2S. The first-order chi connectivity index (χ1) is 9.90. The molecule has 0 saturated heterocycles. The molecule has 0 amide bonds. The van der Waals surface area contributed by atoms with Crippen LogP contribution in [0.4, 0.5) is 0 Å². The van der Waals surface area contributed by atoms with E-state index in [-0.39, 0.29) is 6.04 Å². The maximum Gasteiger partial charge on any atom is 0.0592 e. The van der Waals surface area contributed by atoms with Gasteiger partial charge in [-0.15, -0.1) is 11.3 Å². The van der Waals surface area contributed by atoms with Crippen molar-refractivity contribution in [2.24, 2.45) is 0 Å². The highest BCUT2D eigenvalue weighted by Crippen LogP contribution is 2.32. The molecule has 0 saturated carbocycles. The summed E-state index contributed by atoms with van der Waals surface area (Å²) in [6, 6.07) is 13.2. The molecule has 1 N–H and O–H groups in total. The lowest BCUT2D eigenvalue weighted by Gasteiger charge is -2.20. The van der Waals surface area contributed by atoms with Crippen LogP contribution in [0.5, 0.6) is 0 Å². The summed E-state index contributed by atoms with van der Waals surface area (Å²) in [6.45, 7) is 3.21. The van der Waals surface area contributed by atoms with Crippen molar-refractivity contribution in [2.75, 3.05) is 6.54 Å². The van der Waals surface area contributed by atoms with Crippen LogP contribution in [0.2, 0.25) is 0 Å². The smallest absolute Gasteiger partial charge is 0.0592 e. The van der Waals surface area contributed by atoms with E-state index in [1.54, 1.807) is 0 Å². The van der Waals surface area contributed by atoms with Crippen molar-refractivity contribution in [1.82, 2.24) is 10.3 Å². The van der Waals surface area contributed by atoms with Crippen LogP contribution in [0.25, 0.3) is 10.1 Å². The van der Waals surface area contributed by atoms with Gasteiger partial charge in [0.1, 0.15) is 0 Å². The van der Waals surface area contributed by atoms with Gasteiger partial charge in [0, 0.05) is 17.1 Å². The second kappa shape index (κ2) is 6.16. The fraction of sp³-hybridized carbons (Fsp3) is 0.235. The van der Waals surface area contributed by atoms with Crippen LogP contribution in [0.3, 0.4) is 0 Å². The zero-order chi connectivity index (χ0) is 13.8. The monoisotopic (exact) mass is 282 g/mol. The number of aromatic nitrogens is 1. The lowest BCUT2D eigenvalue weighted by atomic mass is 9.98. The topological polar surface area (TPSA) is 24.9 Å². The third-order valence-electron chi connectivity index (χ3n) is 3.46. The fourth-order valence-electron chi connectivity index (χ4n) is 2.50. The molecule has 3 aromatic rings. The molecular weight excluding hydrogens is 264 g/mol. The second-order valence-electron chi connectivity index (χ2n) is 4.85. The van der Waals surface area contributed by atoms with Gasteiger partial charge < -0.3 is 5.32 Å². The van der Waals surface area contributed by atoms with Gasteiger partial charge in [-0.05, 0) is 53.1 Å². The van der Waals surface area contributed by atoms with Crippen molar-refractivity contribution >= 4 is 21.4 Å². The van der Waals surface area contributed by atoms with Crippen molar-refractivity contribution in [3.63, 3.8) is 0 Å². The first kappa shape index (κ1) is 13.3. The molecule has 2 heterocycles. The second-order valence-corrected chi connectivity index (χ2v) is 5.77. The van der Waals surface area contributed by atoms with Gasteiger partial charge in [-0.1, -0.05) is 25.1 Å². The highest BCUT2D eigenvalue weighted by molar-refractivity contribution is 7.17. The van der Waals surface area contributed by atoms with Crippen LogP contribution in [-0.4, -0.2) is 11.5 Å². The molecule has 3 heteroatoms. The summed E-state index contributed by atoms with van der Waals surface area (Å²) in [6.07, 6.45) is 4.86. The third-order valence-corrected chi connectivity index (χ3v) is 4.44. The van der Waals surface area contributed by atoms with E-state index in [9.17, 15) is 0 Å². The van der Waals surface area contributed by atoms with E-state index in [0.29, 0.717) is 0 Å². The minimum atomic E-state index is 0.236. The van der Waals surface area contributed by atoms with Crippen LogP contribution in [0, 0.1) is 0 Å². The molecule has 1 aromatic carbocycles. The number of hydrogen-bond donors (Lipinski definition) is 1. The molecule has 102 valence electrons. The van der Waals surface area contributed by atoms with E-state index in [1.807, 2.05) is 23.7 Å². The summed E-state index contributed by atoms with van der Waals surface area (Å²) in [4.78, 5) is 4.13. The normalized spacial score (nSPS) is 12.7. The minimum Gasteiger partial charge on any atom is -0.306 e.